The van der Waals surface area contributed by atoms with Gasteiger partial charge in [-0.2, -0.15) is 0 Å². The van der Waals surface area contributed by atoms with E-state index in [1.165, 1.54) is 19.3 Å². The molecule has 1 aromatic heterocycles. The summed E-state index contributed by atoms with van der Waals surface area (Å²) in [6, 6.07) is 0.621. The maximum Gasteiger partial charge on any atom is 0.220 e. The normalized spacial score (nSPS) is 22.8. The third-order valence-corrected chi connectivity index (χ3v) is 5.44. The molecule has 2 fully saturated rings. The highest BCUT2D eigenvalue weighted by Gasteiger charge is 2.27. The molecule has 0 saturated carbocycles. The summed E-state index contributed by atoms with van der Waals surface area (Å²) in [6.07, 6.45) is 4.71. The van der Waals surface area contributed by atoms with Crippen LogP contribution in [0, 0.1) is 19.8 Å². The molecule has 0 radical (unpaired) electrons. The summed E-state index contributed by atoms with van der Waals surface area (Å²) in [5.74, 6) is 1.55. The molecule has 24 heavy (non-hydrogen) atoms. The Kier molecular flexibility index (Phi) is 5.89. The van der Waals surface area contributed by atoms with Gasteiger partial charge < -0.3 is 14.6 Å². The van der Waals surface area contributed by atoms with Crippen LogP contribution in [-0.4, -0.2) is 54.9 Å². The van der Waals surface area contributed by atoms with Gasteiger partial charge in [-0.3, -0.25) is 9.69 Å². The standard InChI is InChI=1S/C18H29N3O3/c1-13-17(14(2)24-20-13)3-4-18(22)19-11-15-5-8-21(9-6-15)16-7-10-23-12-16/h15-16H,3-12H2,1-2H3,(H,19,22)/t16-/m0/s1. The molecule has 1 N–H and O–H groups in total. The Hall–Kier alpha value is -1.40. The molecular formula is C18H29N3O3. The van der Waals surface area contributed by atoms with Crippen molar-refractivity contribution in [1.82, 2.24) is 15.4 Å². The van der Waals surface area contributed by atoms with Gasteiger partial charge in [0.05, 0.1) is 12.3 Å². The fourth-order valence-electron chi connectivity index (χ4n) is 3.78. The zero-order valence-electron chi connectivity index (χ0n) is 14.8. The van der Waals surface area contributed by atoms with Gasteiger partial charge in [-0.25, -0.2) is 0 Å². The Balaban J connectivity index is 1.33. The number of likely N-dealkylation sites (tertiary alicyclic amines) is 1. The van der Waals surface area contributed by atoms with Crippen molar-refractivity contribution in [2.24, 2.45) is 5.92 Å². The molecule has 6 heteroatoms. The Morgan fingerprint density at radius 3 is 2.71 bits per heavy atom. The summed E-state index contributed by atoms with van der Waals surface area (Å²) < 4.78 is 10.6. The van der Waals surface area contributed by atoms with Crippen LogP contribution in [0.4, 0.5) is 0 Å². The van der Waals surface area contributed by atoms with Crippen molar-refractivity contribution in [2.45, 2.75) is 52.0 Å². The summed E-state index contributed by atoms with van der Waals surface area (Å²) >= 11 is 0. The summed E-state index contributed by atoms with van der Waals surface area (Å²) in [6.45, 7) is 8.69. The van der Waals surface area contributed by atoms with Crippen molar-refractivity contribution in [3.63, 3.8) is 0 Å². The zero-order valence-corrected chi connectivity index (χ0v) is 14.8. The van der Waals surface area contributed by atoms with Crippen LogP contribution in [0.2, 0.25) is 0 Å². The quantitative estimate of drug-likeness (QED) is 0.859. The maximum absolute atomic E-state index is 12.1. The molecule has 1 aromatic rings. The lowest BCUT2D eigenvalue weighted by Crippen LogP contribution is -2.44. The van der Waals surface area contributed by atoms with E-state index in [1.807, 2.05) is 13.8 Å². The number of piperidine rings is 1. The Morgan fingerprint density at radius 1 is 1.29 bits per heavy atom. The molecule has 2 aliphatic rings. The first kappa shape index (κ1) is 17.4. The highest BCUT2D eigenvalue weighted by Crippen LogP contribution is 2.22. The van der Waals surface area contributed by atoms with E-state index < -0.39 is 0 Å². The van der Waals surface area contributed by atoms with Crippen molar-refractivity contribution < 1.29 is 14.1 Å². The van der Waals surface area contributed by atoms with E-state index in [0.717, 1.165) is 49.9 Å². The van der Waals surface area contributed by atoms with Crippen molar-refractivity contribution in [3.8, 4) is 0 Å². The highest BCUT2D eigenvalue weighted by molar-refractivity contribution is 5.76. The first-order chi connectivity index (χ1) is 11.6. The SMILES string of the molecule is Cc1noc(C)c1CCC(=O)NCC1CCN([C@H]2CCOC2)CC1. The van der Waals surface area contributed by atoms with Crippen LogP contribution >= 0.6 is 0 Å². The van der Waals surface area contributed by atoms with E-state index in [0.29, 0.717) is 24.8 Å². The Bertz CT molecular complexity index is 524. The second-order valence-corrected chi connectivity index (χ2v) is 7.10. The van der Waals surface area contributed by atoms with Gasteiger partial charge in [-0.15, -0.1) is 0 Å². The Morgan fingerprint density at radius 2 is 2.08 bits per heavy atom. The van der Waals surface area contributed by atoms with Gasteiger partial charge in [0.2, 0.25) is 5.91 Å². The molecule has 1 atom stereocenters. The molecule has 3 heterocycles. The average Bonchev–Trinajstić information content (AvgIpc) is 3.23. The van der Waals surface area contributed by atoms with Crippen molar-refractivity contribution >= 4 is 5.91 Å². The smallest absolute Gasteiger partial charge is 0.220 e. The minimum Gasteiger partial charge on any atom is -0.380 e. The second-order valence-electron chi connectivity index (χ2n) is 7.10. The van der Waals surface area contributed by atoms with Crippen molar-refractivity contribution in [3.05, 3.63) is 17.0 Å². The minimum absolute atomic E-state index is 0.127. The number of carbonyl (C=O) groups excluding carboxylic acids is 1. The summed E-state index contributed by atoms with van der Waals surface area (Å²) in [5.41, 5.74) is 1.96. The number of aryl methyl sites for hydroxylation is 2. The van der Waals surface area contributed by atoms with Gasteiger partial charge in [0, 0.05) is 31.2 Å². The first-order valence-electron chi connectivity index (χ1n) is 9.13. The molecule has 6 nitrogen and oxygen atoms in total. The van der Waals surface area contributed by atoms with Crippen LogP contribution in [0.3, 0.4) is 0 Å². The number of amides is 1. The molecule has 1 amide bonds. The molecule has 3 rings (SSSR count). The number of carbonyl (C=O) groups is 1. The number of nitrogens with one attached hydrogen (secondary N) is 1. The molecule has 0 aliphatic carbocycles. The van der Waals surface area contributed by atoms with Crippen LogP contribution in [0.25, 0.3) is 0 Å². The predicted molar refractivity (Wildman–Crippen MR) is 90.8 cm³/mol. The molecule has 0 spiro atoms. The van der Waals surface area contributed by atoms with Crippen LogP contribution in [-0.2, 0) is 16.0 Å². The van der Waals surface area contributed by atoms with Crippen LogP contribution < -0.4 is 5.32 Å². The molecule has 0 bridgehead atoms. The largest absolute Gasteiger partial charge is 0.380 e. The van der Waals surface area contributed by atoms with E-state index >= 15 is 0 Å². The monoisotopic (exact) mass is 335 g/mol. The van der Waals surface area contributed by atoms with Crippen LogP contribution in [0.15, 0.2) is 4.52 Å². The number of hydrogen-bond donors (Lipinski definition) is 1. The predicted octanol–water partition coefficient (Wildman–Crippen LogP) is 1.84. The number of ether oxygens (including phenoxy) is 1. The molecule has 2 aliphatic heterocycles. The van der Waals surface area contributed by atoms with Gasteiger partial charge in [0.25, 0.3) is 0 Å². The number of hydrogen-bond acceptors (Lipinski definition) is 5. The molecule has 134 valence electrons. The van der Waals surface area contributed by atoms with Gasteiger partial charge >= 0.3 is 0 Å². The first-order valence-corrected chi connectivity index (χ1v) is 9.13. The summed E-state index contributed by atoms with van der Waals surface area (Å²) in [5, 5.41) is 7.04. The lowest BCUT2D eigenvalue weighted by Gasteiger charge is -2.35. The zero-order chi connectivity index (χ0) is 16.9. The van der Waals surface area contributed by atoms with E-state index in [4.69, 9.17) is 9.26 Å². The van der Waals surface area contributed by atoms with Gasteiger partial charge in [0.1, 0.15) is 5.76 Å². The van der Waals surface area contributed by atoms with E-state index in [9.17, 15) is 4.79 Å². The van der Waals surface area contributed by atoms with Crippen LogP contribution in [0.1, 0.15) is 42.7 Å². The topological polar surface area (TPSA) is 67.6 Å². The van der Waals surface area contributed by atoms with Gasteiger partial charge in [-0.05, 0) is 58.5 Å². The molecular weight excluding hydrogens is 306 g/mol. The Labute approximate surface area is 143 Å². The number of rotatable bonds is 6. The van der Waals surface area contributed by atoms with Gasteiger partial charge in [0.15, 0.2) is 0 Å². The van der Waals surface area contributed by atoms with E-state index in [-0.39, 0.29) is 5.91 Å². The van der Waals surface area contributed by atoms with Crippen molar-refractivity contribution in [2.75, 3.05) is 32.8 Å². The number of nitrogens with zero attached hydrogens (tertiary/aromatic N) is 2. The lowest BCUT2D eigenvalue weighted by atomic mass is 9.95. The minimum atomic E-state index is 0.127. The molecule has 2 saturated heterocycles. The summed E-state index contributed by atoms with van der Waals surface area (Å²) in [7, 11) is 0. The summed E-state index contributed by atoms with van der Waals surface area (Å²) in [4.78, 5) is 14.6. The third-order valence-electron chi connectivity index (χ3n) is 5.44. The lowest BCUT2D eigenvalue weighted by molar-refractivity contribution is -0.121. The van der Waals surface area contributed by atoms with E-state index in [1.54, 1.807) is 0 Å². The second kappa shape index (κ2) is 8.12. The molecule has 0 aromatic carbocycles. The fraction of sp³-hybridized carbons (Fsp3) is 0.778. The number of aromatic nitrogens is 1. The third kappa shape index (κ3) is 4.36. The molecule has 0 unspecified atom stereocenters. The average molecular weight is 335 g/mol. The van der Waals surface area contributed by atoms with Gasteiger partial charge in [-0.1, -0.05) is 5.16 Å². The highest BCUT2D eigenvalue weighted by atomic mass is 16.5. The fourth-order valence-corrected chi connectivity index (χ4v) is 3.78. The van der Waals surface area contributed by atoms with E-state index in [2.05, 4.69) is 15.4 Å². The van der Waals surface area contributed by atoms with Crippen LogP contribution in [0.5, 0.6) is 0 Å². The maximum atomic E-state index is 12.1. The van der Waals surface area contributed by atoms with Crippen molar-refractivity contribution in [1.29, 1.82) is 0 Å².